The Morgan fingerprint density at radius 1 is 1.31 bits per heavy atom. The van der Waals surface area contributed by atoms with Crippen molar-refractivity contribution in [2.45, 2.75) is 0 Å². The first-order valence-corrected chi connectivity index (χ1v) is 5.32. The lowest BCUT2D eigenvalue weighted by molar-refractivity contribution is 1.13. The average Bonchev–Trinajstić information content (AvgIpc) is 2.28. The van der Waals surface area contributed by atoms with Gasteiger partial charge >= 0.3 is 0 Å². The maximum absolute atomic E-state index is 11.2. The van der Waals surface area contributed by atoms with Gasteiger partial charge in [-0.1, -0.05) is 15.9 Å². The Morgan fingerprint density at radius 3 is 2.69 bits per heavy atom. The molecule has 2 rings (SSSR count). The molecule has 2 aromatic rings. The van der Waals surface area contributed by atoms with Crippen LogP contribution in [0.15, 0.2) is 39.9 Å². The predicted octanol–water partition coefficient (Wildman–Crippen LogP) is 1.86. The van der Waals surface area contributed by atoms with Crippen LogP contribution >= 0.6 is 15.9 Å². The predicted molar refractivity (Wildman–Crippen MR) is 66.7 cm³/mol. The normalized spacial score (nSPS) is 10.1. The van der Waals surface area contributed by atoms with Crippen molar-refractivity contribution < 1.29 is 0 Å². The Labute approximate surface area is 99.8 Å². The summed E-state index contributed by atoms with van der Waals surface area (Å²) >= 11 is 3.33. The van der Waals surface area contributed by atoms with Gasteiger partial charge in [-0.15, -0.1) is 0 Å². The van der Waals surface area contributed by atoms with E-state index in [0.717, 1.165) is 10.2 Å². The van der Waals surface area contributed by atoms with Crippen LogP contribution in [0.5, 0.6) is 0 Å². The minimum atomic E-state index is -0.352. The molecule has 1 heterocycles. The summed E-state index contributed by atoms with van der Waals surface area (Å²) in [4.78, 5) is 17.6. The second kappa shape index (κ2) is 4.36. The first-order valence-electron chi connectivity index (χ1n) is 4.52. The molecule has 0 atom stereocenters. The number of nitrogens with one attached hydrogen (secondary N) is 2. The maximum atomic E-state index is 11.2. The minimum absolute atomic E-state index is 0.0745. The molecule has 0 spiro atoms. The van der Waals surface area contributed by atoms with E-state index in [0.29, 0.717) is 5.82 Å². The number of rotatable bonds is 2. The largest absolute Gasteiger partial charge is 0.391 e. The summed E-state index contributed by atoms with van der Waals surface area (Å²) < 4.78 is 0.977. The third-order valence-corrected chi connectivity index (χ3v) is 2.52. The van der Waals surface area contributed by atoms with Crippen LogP contribution in [0.1, 0.15) is 0 Å². The van der Waals surface area contributed by atoms with Crippen molar-refractivity contribution in [1.29, 1.82) is 0 Å². The fourth-order valence-electron chi connectivity index (χ4n) is 1.18. The lowest BCUT2D eigenvalue weighted by Gasteiger charge is -2.06. The van der Waals surface area contributed by atoms with E-state index in [9.17, 15) is 4.79 Å². The number of nitrogens with two attached hydrogens (primary N) is 1. The van der Waals surface area contributed by atoms with Crippen molar-refractivity contribution >= 4 is 33.1 Å². The van der Waals surface area contributed by atoms with Gasteiger partial charge in [-0.25, -0.2) is 4.98 Å². The molecule has 5 nitrogen and oxygen atoms in total. The number of hydrogen-bond acceptors (Lipinski definition) is 4. The Morgan fingerprint density at radius 2 is 2.00 bits per heavy atom. The van der Waals surface area contributed by atoms with E-state index in [1.807, 2.05) is 24.3 Å². The van der Waals surface area contributed by atoms with Crippen molar-refractivity contribution in [3.05, 3.63) is 45.4 Å². The van der Waals surface area contributed by atoms with Gasteiger partial charge in [0.1, 0.15) is 5.69 Å². The number of aromatic amines is 1. The Bertz CT molecular complexity index is 549. The summed E-state index contributed by atoms with van der Waals surface area (Å²) in [5.41, 5.74) is 6.12. The molecule has 82 valence electrons. The number of halogens is 1. The van der Waals surface area contributed by atoms with Gasteiger partial charge in [0.25, 0.3) is 5.56 Å². The van der Waals surface area contributed by atoms with Crippen molar-refractivity contribution in [3.8, 4) is 0 Å². The van der Waals surface area contributed by atoms with Gasteiger partial charge in [-0.05, 0) is 24.3 Å². The van der Waals surface area contributed by atoms with E-state index >= 15 is 0 Å². The number of H-pyrrole nitrogens is 1. The average molecular weight is 281 g/mol. The zero-order valence-electron chi connectivity index (χ0n) is 8.20. The summed E-state index contributed by atoms with van der Waals surface area (Å²) in [6, 6.07) is 7.47. The van der Waals surface area contributed by atoms with Crippen molar-refractivity contribution in [3.63, 3.8) is 0 Å². The van der Waals surface area contributed by atoms with Crippen LogP contribution in [0.2, 0.25) is 0 Å². The van der Waals surface area contributed by atoms with E-state index in [2.05, 4.69) is 31.2 Å². The Kier molecular flexibility index (Phi) is 2.91. The number of nitrogen functional groups attached to an aromatic ring is 1. The van der Waals surface area contributed by atoms with Gasteiger partial charge in [0.15, 0.2) is 5.82 Å². The van der Waals surface area contributed by atoms with Crippen LogP contribution in [-0.4, -0.2) is 9.97 Å². The second-order valence-electron chi connectivity index (χ2n) is 3.13. The first-order chi connectivity index (χ1) is 7.66. The second-order valence-corrected chi connectivity index (χ2v) is 4.04. The molecular formula is C10H9BrN4O. The molecule has 0 bridgehead atoms. The third-order valence-electron chi connectivity index (χ3n) is 2.00. The lowest BCUT2D eigenvalue weighted by atomic mass is 10.3. The smallest absolute Gasteiger partial charge is 0.276 e. The molecule has 0 unspecified atom stereocenters. The number of aromatic nitrogens is 2. The molecule has 4 N–H and O–H groups in total. The van der Waals surface area contributed by atoms with E-state index in [4.69, 9.17) is 5.73 Å². The third kappa shape index (κ3) is 2.22. The zero-order valence-corrected chi connectivity index (χ0v) is 9.78. The molecule has 0 saturated carbocycles. The number of hydrogen-bond donors (Lipinski definition) is 3. The quantitative estimate of drug-likeness (QED) is 0.784. The van der Waals surface area contributed by atoms with Crippen LogP contribution in [0.25, 0.3) is 0 Å². The summed E-state index contributed by atoms with van der Waals surface area (Å²) in [6.45, 7) is 0. The Hall–Kier alpha value is -1.82. The molecule has 0 radical (unpaired) electrons. The molecule has 1 aromatic heterocycles. The van der Waals surface area contributed by atoms with Crippen LogP contribution in [0.4, 0.5) is 17.2 Å². The highest BCUT2D eigenvalue weighted by molar-refractivity contribution is 9.10. The lowest BCUT2D eigenvalue weighted by Crippen LogP contribution is -2.14. The van der Waals surface area contributed by atoms with Crippen LogP contribution in [0, 0.1) is 0 Å². The minimum Gasteiger partial charge on any atom is -0.391 e. The molecule has 1 aromatic carbocycles. The molecule has 6 heteroatoms. The molecule has 0 aliphatic carbocycles. The molecular weight excluding hydrogens is 272 g/mol. The fraction of sp³-hybridized carbons (Fsp3) is 0. The molecule has 0 aliphatic heterocycles. The molecule has 0 aliphatic rings. The van der Waals surface area contributed by atoms with E-state index in [1.54, 1.807) is 0 Å². The van der Waals surface area contributed by atoms with Crippen molar-refractivity contribution in [2.24, 2.45) is 0 Å². The standard InChI is InChI=1S/C10H9BrN4O/c11-6-1-3-7(4-2-6)15-9-8(12)10(16)14-5-13-9/h1-5H,12H2,(H2,13,14,15,16). The molecule has 0 fully saturated rings. The topological polar surface area (TPSA) is 83.8 Å². The highest BCUT2D eigenvalue weighted by Gasteiger charge is 2.03. The number of benzene rings is 1. The summed E-state index contributed by atoms with van der Waals surface area (Å²) in [5.74, 6) is 0.353. The number of nitrogens with zero attached hydrogens (tertiary/aromatic N) is 1. The van der Waals surface area contributed by atoms with Crippen LogP contribution in [-0.2, 0) is 0 Å². The van der Waals surface area contributed by atoms with Gasteiger partial charge < -0.3 is 16.0 Å². The number of anilines is 3. The van der Waals surface area contributed by atoms with Crippen molar-refractivity contribution in [2.75, 3.05) is 11.1 Å². The molecule has 0 amide bonds. The first kappa shape index (κ1) is 10.7. The van der Waals surface area contributed by atoms with E-state index in [1.165, 1.54) is 6.33 Å². The van der Waals surface area contributed by atoms with Gasteiger partial charge in [0.2, 0.25) is 0 Å². The Balaban J connectivity index is 2.30. The summed E-state index contributed by atoms with van der Waals surface area (Å²) in [7, 11) is 0. The SMILES string of the molecule is Nc1c(Nc2ccc(Br)cc2)nc[nH]c1=O. The van der Waals surface area contributed by atoms with Gasteiger partial charge in [0.05, 0.1) is 6.33 Å². The molecule has 0 saturated heterocycles. The summed E-state index contributed by atoms with van der Waals surface area (Å²) in [5, 5.41) is 2.96. The van der Waals surface area contributed by atoms with Crippen LogP contribution < -0.4 is 16.6 Å². The summed E-state index contributed by atoms with van der Waals surface area (Å²) in [6.07, 6.45) is 1.31. The fourth-order valence-corrected chi connectivity index (χ4v) is 1.44. The molecule has 16 heavy (non-hydrogen) atoms. The van der Waals surface area contributed by atoms with E-state index in [-0.39, 0.29) is 11.2 Å². The van der Waals surface area contributed by atoms with Crippen LogP contribution in [0.3, 0.4) is 0 Å². The maximum Gasteiger partial charge on any atom is 0.276 e. The van der Waals surface area contributed by atoms with Gasteiger partial charge in [-0.2, -0.15) is 0 Å². The highest BCUT2D eigenvalue weighted by atomic mass is 79.9. The van der Waals surface area contributed by atoms with Gasteiger partial charge in [-0.3, -0.25) is 4.79 Å². The van der Waals surface area contributed by atoms with Gasteiger partial charge in [0, 0.05) is 10.2 Å². The zero-order chi connectivity index (χ0) is 11.5. The highest BCUT2D eigenvalue weighted by Crippen LogP contribution is 2.19. The van der Waals surface area contributed by atoms with E-state index < -0.39 is 0 Å². The monoisotopic (exact) mass is 280 g/mol. The van der Waals surface area contributed by atoms with Crippen molar-refractivity contribution in [1.82, 2.24) is 9.97 Å².